The number of anilines is 1. The largest absolute Gasteiger partial charge is 0.494 e. The number of benzene rings is 2. The standard InChI is InChI=1S/C26H25N5O3/c1-17-9-11-20(12-10-17)34-13-5-8-24(32)30-26-19(15-27)16-28-31(26)23-14-18(2)21-6-4-7-22(33-3)25(21)29-23/h4,6-7,9-12,14,16H,5,8,13H2,1-3H3,(H,30,32). The van der Waals surface area contributed by atoms with Gasteiger partial charge in [0, 0.05) is 11.8 Å². The van der Waals surface area contributed by atoms with Crippen molar-refractivity contribution in [2.45, 2.75) is 26.7 Å². The average Bonchev–Trinajstić information content (AvgIpc) is 3.25. The van der Waals surface area contributed by atoms with Crippen LogP contribution in [0.5, 0.6) is 11.5 Å². The van der Waals surface area contributed by atoms with Gasteiger partial charge in [0.25, 0.3) is 0 Å². The number of para-hydroxylation sites is 1. The van der Waals surface area contributed by atoms with Crippen LogP contribution < -0.4 is 14.8 Å². The van der Waals surface area contributed by atoms with Crippen molar-refractivity contribution in [3.8, 4) is 23.4 Å². The van der Waals surface area contributed by atoms with Gasteiger partial charge in [0.15, 0.2) is 11.6 Å². The van der Waals surface area contributed by atoms with Crippen LogP contribution in [0.2, 0.25) is 0 Å². The van der Waals surface area contributed by atoms with Crippen LogP contribution in [0.25, 0.3) is 16.7 Å². The van der Waals surface area contributed by atoms with Crippen molar-refractivity contribution in [2.24, 2.45) is 0 Å². The van der Waals surface area contributed by atoms with Crippen molar-refractivity contribution in [1.29, 1.82) is 5.26 Å². The van der Waals surface area contributed by atoms with E-state index in [1.165, 1.54) is 10.9 Å². The van der Waals surface area contributed by atoms with Crippen molar-refractivity contribution in [3.05, 3.63) is 71.4 Å². The molecule has 2 aromatic carbocycles. The smallest absolute Gasteiger partial charge is 0.225 e. The predicted octanol–water partition coefficient (Wildman–Crippen LogP) is 4.72. The fraction of sp³-hybridized carbons (Fsp3) is 0.231. The summed E-state index contributed by atoms with van der Waals surface area (Å²) < 4.78 is 12.6. The Labute approximate surface area is 197 Å². The van der Waals surface area contributed by atoms with Gasteiger partial charge in [-0.25, -0.2) is 4.98 Å². The van der Waals surface area contributed by atoms with Gasteiger partial charge in [0.1, 0.15) is 28.6 Å². The number of hydrogen-bond acceptors (Lipinski definition) is 6. The molecule has 0 bridgehead atoms. The molecule has 0 saturated heterocycles. The maximum Gasteiger partial charge on any atom is 0.225 e. The third kappa shape index (κ3) is 4.84. The Balaban J connectivity index is 1.50. The molecule has 0 aliphatic rings. The monoisotopic (exact) mass is 455 g/mol. The van der Waals surface area contributed by atoms with E-state index in [-0.39, 0.29) is 23.7 Å². The summed E-state index contributed by atoms with van der Waals surface area (Å²) in [5.41, 5.74) is 3.06. The van der Waals surface area contributed by atoms with Crippen LogP contribution in [0.15, 0.2) is 54.7 Å². The molecule has 0 aliphatic carbocycles. The fourth-order valence-electron chi connectivity index (χ4n) is 3.62. The molecule has 172 valence electrons. The summed E-state index contributed by atoms with van der Waals surface area (Å²) in [4.78, 5) is 17.3. The number of carbonyl (C=O) groups excluding carboxylic acids is 1. The number of fused-ring (bicyclic) bond motifs is 1. The molecular formula is C26H25N5O3. The van der Waals surface area contributed by atoms with E-state index in [0.29, 0.717) is 30.1 Å². The minimum absolute atomic E-state index is 0.235. The third-order valence-electron chi connectivity index (χ3n) is 5.42. The van der Waals surface area contributed by atoms with E-state index in [9.17, 15) is 10.1 Å². The van der Waals surface area contributed by atoms with Gasteiger partial charge in [-0.1, -0.05) is 29.8 Å². The van der Waals surface area contributed by atoms with Crippen LogP contribution in [-0.2, 0) is 4.79 Å². The Kier molecular flexibility index (Phi) is 6.74. The van der Waals surface area contributed by atoms with Crippen molar-refractivity contribution in [2.75, 3.05) is 19.0 Å². The summed E-state index contributed by atoms with van der Waals surface area (Å²) >= 11 is 0. The van der Waals surface area contributed by atoms with Gasteiger partial charge in [-0.15, -0.1) is 0 Å². The molecule has 1 N–H and O–H groups in total. The van der Waals surface area contributed by atoms with Gasteiger partial charge in [-0.05, 0) is 50.1 Å². The minimum atomic E-state index is -0.235. The van der Waals surface area contributed by atoms with E-state index in [1.807, 2.05) is 62.4 Å². The van der Waals surface area contributed by atoms with Gasteiger partial charge < -0.3 is 14.8 Å². The van der Waals surface area contributed by atoms with Crippen LogP contribution in [0.3, 0.4) is 0 Å². The SMILES string of the molecule is COc1cccc2c(C)cc(-n3ncc(C#N)c3NC(=O)CCCOc3ccc(C)cc3)nc12. The number of aryl methyl sites for hydroxylation is 2. The number of rotatable bonds is 8. The molecule has 4 aromatic rings. The van der Waals surface area contributed by atoms with Crippen molar-refractivity contribution in [1.82, 2.24) is 14.8 Å². The Hall–Kier alpha value is -4.38. The first-order valence-electron chi connectivity index (χ1n) is 10.9. The number of ether oxygens (including phenoxy) is 2. The maximum absolute atomic E-state index is 12.6. The molecule has 1 amide bonds. The number of carbonyl (C=O) groups is 1. The van der Waals surface area contributed by atoms with Gasteiger partial charge in [-0.2, -0.15) is 15.0 Å². The Morgan fingerprint density at radius 1 is 1.18 bits per heavy atom. The molecule has 4 rings (SSSR count). The summed E-state index contributed by atoms with van der Waals surface area (Å²) in [6.07, 6.45) is 2.18. The summed E-state index contributed by atoms with van der Waals surface area (Å²) in [6.45, 7) is 4.39. The second-order valence-electron chi connectivity index (χ2n) is 7.90. The van der Waals surface area contributed by atoms with Gasteiger partial charge >= 0.3 is 0 Å². The number of pyridine rings is 1. The highest BCUT2D eigenvalue weighted by Gasteiger charge is 2.18. The molecule has 34 heavy (non-hydrogen) atoms. The molecule has 0 radical (unpaired) electrons. The van der Waals surface area contributed by atoms with Crippen molar-refractivity contribution >= 4 is 22.6 Å². The minimum Gasteiger partial charge on any atom is -0.494 e. The fourth-order valence-corrected chi connectivity index (χ4v) is 3.62. The normalized spacial score (nSPS) is 10.6. The zero-order valence-corrected chi connectivity index (χ0v) is 19.3. The lowest BCUT2D eigenvalue weighted by molar-refractivity contribution is -0.116. The van der Waals surface area contributed by atoms with Gasteiger partial charge in [0.05, 0.1) is 19.9 Å². The lowest BCUT2D eigenvalue weighted by Crippen LogP contribution is -2.17. The maximum atomic E-state index is 12.6. The number of aromatic nitrogens is 3. The molecule has 0 saturated carbocycles. The first-order valence-corrected chi connectivity index (χ1v) is 10.9. The molecule has 0 atom stereocenters. The van der Waals surface area contributed by atoms with E-state index in [1.54, 1.807) is 7.11 Å². The molecule has 0 aliphatic heterocycles. The molecular weight excluding hydrogens is 430 g/mol. The number of nitrogens with one attached hydrogen (secondary N) is 1. The molecule has 0 unspecified atom stereocenters. The third-order valence-corrected chi connectivity index (χ3v) is 5.42. The first-order chi connectivity index (χ1) is 16.5. The lowest BCUT2D eigenvalue weighted by atomic mass is 10.1. The van der Waals surface area contributed by atoms with E-state index in [4.69, 9.17) is 14.5 Å². The highest BCUT2D eigenvalue weighted by molar-refractivity contribution is 5.92. The number of nitriles is 1. The van der Waals surface area contributed by atoms with Crippen LogP contribution in [-0.4, -0.2) is 34.4 Å². The lowest BCUT2D eigenvalue weighted by Gasteiger charge is -2.12. The van der Waals surface area contributed by atoms with Crippen molar-refractivity contribution in [3.63, 3.8) is 0 Å². The van der Waals surface area contributed by atoms with Gasteiger partial charge in [0.2, 0.25) is 5.91 Å². The highest BCUT2D eigenvalue weighted by Crippen LogP contribution is 2.29. The zero-order chi connectivity index (χ0) is 24.1. The topological polar surface area (TPSA) is 102 Å². The Morgan fingerprint density at radius 2 is 1.97 bits per heavy atom. The second kappa shape index (κ2) is 10.0. The Bertz CT molecular complexity index is 1370. The van der Waals surface area contributed by atoms with Crippen LogP contribution in [0.4, 0.5) is 5.82 Å². The van der Waals surface area contributed by atoms with E-state index in [0.717, 1.165) is 22.3 Å². The van der Waals surface area contributed by atoms with Crippen molar-refractivity contribution < 1.29 is 14.3 Å². The zero-order valence-electron chi connectivity index (χ0n) is 19.3. The number of hydrogen-bond donors (Lipinski definition) is 1. The molecule has 2 aromatic heterocycles. The summed E-state index contributed by atoms with van der Waals surface area (Å²) in [7, 11) is 1.59. The summed E-state index contributed by atoms with van der Waals surface area (Å²) in [6, 6.07) is 17.4. The second-order valence-corrected chi connectivity index (χ2v) is 7.90. The average molecular weight is 456 g/mol. The van der Waals surface area contributed by atoms with E-state index in [2.05, 4.69) is 16.5 Å². The quantitative estimate of drug-likeness (QED) is 0.386. The van der Waals surface area contributed by atoms with Crippen LogP contribution >= 0.6 is 0 Å². The summed E-state index contributed by atoms with van der Waals surface area (Å²) in [5, 5.41) is 17.6. The molecule has 8 nitrogen and oxygen atoms in total. The molecule has 0 spiro atoms. The van der Waals surface area contributed by atoms with E-state index < -0.39 is 0 Å². The molecule has 2 heterocycles. The number of amides is 1. The molecule has 8 heteroatoms. The van der Waals surface area contributed by atoms with Crippen LogP contribution in [0, 0.1) is 25.2 Å². The molecule has 0 fully saturated rings. The predicted molar refractivity (Wildman–Crippen MR) is 129 cm³/mol. The first kappa shape index (κ1) is 22.8. The number of methoxy groups -OCH3 is 1. The van der Waals surface area contributed by atoms with E-state index >= 15 is 0 Å². The Morgan fingerprint density at radius 3 is 2.71 bits per heavy atom. The van der Waals surface area contributed by atoms with Crippen LogP contribution in [0.1, 0.15) is 29.5 Å². The summed E-state index contributed by atoms with van der Waals surface area (Å²) in [5.74, 6) is 1.93. The highest BCUT2D eigenvalue weighted by atomic mass is 16.5. The van der Waals surface area contributed by atoms with Gasteiger partial charge in [-0.3, -0.25) is 4.79 Å². The number of nitrogens with zero attached hydrogens (tertiary/aromatic N) is 4.